The first kappa shape index (κ1) is 17.5. The lowest BCUT2D eigenvalue weighted by molar-refractivity contribution is 0.102. The SMILES string of the molecule is Cc1cc(NC(=O)c2ccc(N3CCC(O)CC3)cc2)nn1C(C)C. The van der Waals surface area contributed by atoms with Gasteiger partial charge in [-0.2, -0.15) is 5.10 Å². The third kappa shape index (κ3) is 4.02. The molecule has 0 bridgehead atoms. The Bertz CT molecular complexity index is 728. The van der Waals surface area contributed by atoms with Gasteiger partial charge in [-0.1, -0.05) is 0 Å². The fourth-order valence-electron chi connectivity index (χ4n) is 3.21. The van der Waals surface area contributed by atoms with Crippen molar-refractivity contribution in [3.63, 3.8) is 0 Å². The van der Waals surface area contributed by atoms with Crippen LogP contribution in [0.2, 0.25) is 0 Å². The molecule has 1 amide bonds. The van der Waals surface area contributed by atoms with Crippen LogP contribution in [0.5, 0.6) is 0 Å². The van der Waals surface area contributed by atoms with Gasteiger partial charge in [-0.25, -0.2) is 0 Å². The van der Waals surface area contributed by atoms with Crippen LogP contribution in [0.1, 0.15) is 48.8 Å². The molecule has 2 aromatic rings. The number of aliphatic hydroxyl groups excluding tert-OH is 1. The summed E-state index contributed by atoms with van der Waals surface area (Å²) in [6, 6.07) is 9.73. The van der Waals surface area contributed by atoms with Gasteiger partial charge in [0.2, 0.25) is 0 Å². The molecule has 134 valence electrons. The maximum Gasteiger partial charge on any atom is 0.256 e. The topological polar surface area (TPSA) is 70.4 Å². The molecular formula is C19H26N4O2. The van der Waals surface area contributed by atoms with E-state index < -0.39 is 0 Å². The summed E-state index contributed by atoms with van der Waals surface area (Å²) in [4.78, 5) is 14.7. The summed E-state index contributed by atoms with van der Waals surface area (Å²) in [5.74, 6) is 0.416. The van der Waals surface area contributed by atoms with Gasteiger partial charge in [0.25, 0.3) is 5.91 Å². The summed E-state index contributed by atoms with van der Waals surface area (Å²) in [7, 11) is 0. The smallest absolute Gasteiger partial charge is 0.256 e. The summed E-state index contributed by atoms with van der Waals surface area (Å²) in [6.45, 7) is 7.79. The lowest BCUT2D eigenvalue weighted by Crippen LogP contribution is -2.35. The molecule has 1 aliphatic rings. The average Bonchev–Trinajstić information content (AvgIpc) is 2.96. The molecule has 1 fully saturated rings. The number of rotatable bonds is 4. The van der Waals surface area contributed by atoms with E-state index in [1.807, 2.05) is 41.9 Å². The Kier molecular flexibility index (Phi) is 5.08. The fraction of sp³-hybridized carbons (Fsp3) is 0.474. The molecule has 25 heavy (non-hydrogen) atoms. The monoisotopic (exact) mass is 342 g/mol. The minimum atomic E-state index is -0.185. The van der Waals surface area contributed by atoms with E-state index in [1.54, 1.807) is 0 Å². The van der Waals surface area contributed by atoms with Crippen molar-refractivity contribution in [2.45, 2.75) is 45.8 Å². The first-order valence-electron chi connectivity index (χ1n) is 8.84. The van der Waals surface area contributed by atoms with Gasteiger partial charge >= 0.3 is 0 Å². The van der Waals surface area contributed by atoms with Gasteiger partial charge in [-0.15, -0.1) is 0 Å². The first-order valence-corrected chi connectivity index (χ1v) is 8.84. The third-order valence-electron chi connectivity index (χ3n) is 4.61. The van der Waals surface area contributed by atoms with E-state index in [-0.39, 0.29) is 18.1 Å². The van der Waals surface area contributed by atoms with Gasteiger partial charge in [0.15, 0.2) is 5.82 Å². The Labute approximate surface area is 148 Å². The molecular weight excluding hydrogens is 316 g/mol. The predicted molar refractivity (Wildman–Crippen MR) is 99.2 cm³/mol. The zero-order chi connectivity index (χ0) is 18.0. The van der Waals surface area contributed by atoms with E-state index >= 15 is 0 Å². The van der Waals surface area contributed by atoms with Crippen molar-refractivity contribution in [1.29, 1.82) is 0 Å². The first-order chi connectivity index (χ1) is 11.9. The summed E-state index contributed by atoms with van der Waals surface area (Å²) >= 11 is 0. The zero-order valence-corrected chi connectivity index (χ0v) is 15.1. The molecule has 6 heteroatoms. The number of nitrogens with one attached hydrogen (secondary N) is 1. The Hall–Kier alpha value is -2.34. The zero-order valence-electron chi connectivity index (χ0n) is 15.1. The lowest BCUT2D eigenvalue weighted by Gasteiger charge is -2.31. The number of benzene rings is 1. The minimum Gasteiger partial charge on any atom is -0.393 e. The van der Waals surface area contributed by atoms with E-state index in [9.17, 15) is 9.90 Å². The van der Waals surface area contributed by atoms with Crippen molar-refractivity contribution in [2.75, 3.05) is 23.3 Å². The standard InChI is InChI=1S/C19H26N4O2/c1-13(2)23-14(3)12-18(21-23)20-19(25)15-4-6-16(7-5-15)22-10-8-17(24)9-11-22/h4-7,12-13,17,24H,8-11H2,1-3H3,(H,20,21,25). The van der Waals surface area contributed by atoms with Crippen molar-refractivity contribution >= 4 is 17.4 Å². The van der Waals surface area contributed by atoms with Crippen molar-refractivity contribution in [3.8, 4) is 0 Å². The van der Waals surface area contributed by atoms with Gasteiger partial charge in [0, 0.05) is 42.1 Å². The van der Waals surface area contributed by atoms with Crippen LogP contribution < -0.4 is 10.2 Å². The summed E-state index contributed by atoms with van der Waals surface area (Å²) in [5.41, 5.74) is 2.72. The molecule has 0 radical (unpaired) electrons. The molecule has 0 atom stereocenters. The van der Waals surface area contributed by atoms with Gasteiger partial charge in [-0.3, -0.25) is 9.48 Å². The van der Waals surface area contributed by atoms with E-state index in [1.165, 1.54) is 0 Å². The number of aliphatic hydroxyl groups is 1. The van der Waals surface area contributed by atoms with Crippen LogP contribution in [-0.2, 0) is 0 Å². The van der Waals surface area contributed by atoms with Crippen molar-refractivity contribution in [3.05, 3.63) is 41.6 Å². The second kappa shape index (κ2) is 7.27. The van der Waals surface area contributed by atoms with Crippen LogP contribution in [0.4, 0.5) is 11.5 Å². The van der Waals surface area contributed by atoms with Gasteiger partial charge in [-0.05, 0) is 57.9 Å². The maximum absolute atomic E-state index is 12.4. The highest BCUT2D eigenvalue weighted by Crippen LogP contribution is 2.21. The molecule has 1 aromatic heterocycles. The molecule has 6 nitrogen and oxygen atoms in total. The molecule has 0 aliphatic carbocycles. The second-order valence-electron chi connectivity index (χ2n) is 6.93. The average molecular weight is 342 g/mol. The van der Waals surface area contributed by atoms with E-state index in [0.29, 0.717) is 11.4 Å². The number of anilines is 2. The summed E-state index contributed by atoms with van der Waals surface area (Å²) < 4.78 is 1.89. The molecule has 1 saturated heterocycles. The number of hydrogen-bond donors (Lipinski definition) is 2. The fourth-order valence-corrected chi connectivity index (χ4v) is 3.21. The Balaban J connectivity index is 1.65. The van der Waals surface area contributed by atoms with Gasteiger partial charge in [0.1, 0.15) is 0 Å². The molecule has 0 spiro atoms. The molecule has 3 rings (SSSR count). The highest BCUT2D eigenvalue weighted by Gasteiger charge is 2.17. The van der Waals surface area contributed by atoms with Crippen molar-refractivity contribution < 1.29 is 9.90 Å². The van der Waals surface area contributed by atoms with Crippen LogP contribution in [0.3, 0.4) is 0 Å². The second-order valence-corrected chi connectivity index (χ2v) is 6.93. The van der Waals surface area contributed by atoms with E-state index in [2.05, 4.69) is 29.2 Å². The quantitative estimate of drug-likeness (QED) is 0.896. The van der Waals surface area contributed by atoms with Crippen LogP contribution in [0.15, 0.2) is 30.3 Å². The van der Waals surface area contributed by atoms with Crippen molar-refractivity contribution in [1.82, 2.24) is 9.78 Å². The highest BCUT2D eigenvalue weighted by molar-refractivity contribution is 6.03. The number of amides is 1. The molecule has 2 heterocycles. The van der Waals surface area contributed by atoms with E-state index in [0.717, 1.165) is 37.3 Å². The largest absolute Gasteiger partial charge is 0.393 e. The molecule has 0 unspecified atom stereocenters. The Morgan fingerprint density at radius 1 is 1.24 bits per heavy atom. The molecule has 0 saturated carbocycles. The Morgan fingerprint density at radius 3 is 2.44 bits per heavy atom. The number of aryl methyl sites for hydroxylation is 1. The van der Waals surface area contributed by atoms with Crippen molar-refractivity contribution in [2.24, 2.45) is 0 Å². The number of hydrogen-bond acceptors (Lipinski definition) is 4. The number of aromatic nitrogens is 2. The number of nitrogens with zero attached hydrogens (tertiary/aromatic N) is 3. The predicted octanol–water partition coefficient (Wildman–Crippen LogP) is 2.99. The van der Waals surface area contributed by atoms with Crippen LogP contribution in [0.25, 0.3) is 0 Å². The number of carbonyl (C=O) groups is 1. The number of carbonyl (C=O) groups excluding carboxylic acids is 1. The Morgan fingerprint density at radius 2 is 1.88 bits per heavy atom. The molecule has 1 aromatic carbocycles. The number of piperidine rings is 1. The minimum absolute atomic E-state index is 0.158. The van der Waals surface area contributed by atoms with E-state index in [4.69, 9.17) is 0 Å². The van der Waals surface area contributed by atoms with Crippen LogP contribution >= 0.6 is 0 Å². The third-order valence-corrected chi connectivity index (χ3v) is 4.61. The molecule has 1 aliphatic heterocycles. The van der Waals surface area contributed by atoms with Gasteiger partial charge in [0.05, 0.1) is 6.10 Å². The molecule has 2 N–H and O–H groups in total. The summed E-state index contributed by atoms with van der Waals surface area (Å²) in [6.07, 6.45) is 1.40. The normalized spacial score (nSPS) is 15.6. The summed E-state index contributed by atoms with van der Waals surface area (Å²) in [5, 5.41) is 16.9. The van der Waals surface area contributed by atoms with Crippen LogP contribution in [-0.4, -0.2) is 40.0 Å². The maximum atomic E-state index is 12.4. The highest BCUT2D eigenvalue weighted by atomic mass is 16.3. The lowest BCUT2D eigenvalue weighted by atomic mass is 10.1. The van der Waals surface area contributed by atoms with Crippen LogP contribution in [0, 0.1) is 6.92 Å². The van der Waals surface area contributed by atoms with Gasteiger partial charge < -0.3 is 15.3 Å².